The van der Waals surface area contributed by atoms with Crippen molar-refractivity contribution in [3.8, 4) is 0 Å². The van der Waals surface area contributed by atoms with Gasteiger partial charge in [-0.2, -0.15) is 0 Å². The van der Waals surface area contributed by atoms with Gasteiger partial charge >= 0.3 is 0 Å². The van der Waals surface area contributed by atoms with Gasteiger partial charge in [0.15, 0.2) is 0 Å². The summed E-state index contributed by atoms with van der Waals surface area (Å²) in [6.07, 6.45) is 0. The van der Waals surface area contributed by atoms with Crippen molar-refractivity contribution in [2.45, 2.75) is 6.04 Å². The van der Waals surface area contributed by atoms with Crippen LogP contribution in [-0.2, 0) is 4.79 Å². The van der Waals surface area contributed by atoms with Crippen LogP contribution in [-0.4, -0.2) is 39.0 Å². The molecule has 0 aliphatic carbocycles. The molecule has 0 saturated carbocycles. The summed E-state index contributed by atoms with van der Waals surface area (Å²) < 4.78 is 0. The molecule has 0 bridgehead atoms. The lowest BCUT2D eigenvalue weighted by atomic mass is 10.1. The molecule has 2 amide bonds. The van der Waals surface area contributed by atoms with Gasteiger partial charge in [-0.15, -0.1) is 0 Å². The number of rotatable bonds is 7. The van der Waals surface area contributed by atoms with Crippen molar-refractivity contribution >= 4 is 35.0 Å². The Morgan fingerprint density at radius 1 is 1.08 bits per heavy atom. The summed E-state index contributed by atoms with van der Waals surface area (Å²) in [5, 5.41) is 6.24. The minimum atomic E-state index is -0.420. The summed E-state index contributed by atoms with van der Waals surface area (Å²) in [7, 11) is 4.04. The molecule has 0 aromatic heterocycles. The Morgan fingerprint density at radius 3 is 2.38 bits per heavy atom. The molecular formula is C19H22Cl2N3O2+. The molecule has 2 aromatic carbocycles. The van der Waals surface area contributed by atoms with Crippen LogP contribution in [0.3, 0.4) is 0 Å². The van der Waals surface area contributed by atoms with Gasteiger partial charge in [-0.3, -0.25) is 9.59 Å². The molecule has 2 rings (SSSR count). The Balaban J connectivity index is 1.96. The van der Waals surface area contributed by atoms with Gasteiger partial charge in [-0.1, -0.05) is 53.5 Å². The van der Waals surface area contributed by atoms with Crippen molar-refractivity contribution in [3.05, 3.63) is 69.7 Å². The average molecular weight is 395 g/mol. The maximum atomic E-state index is 12.3. The number of benzene rings is 2. The van der Waals surface area contributed by atoms with Crippen molar-refractivity contribution in [2.75, 3.05) is 27.2 Å². The van der Waals surface area contributed by atoms with Crippen LogP contribution in [0.5, 0.6) is 0 Å². The van der Waals surface area contributed by atoms with Gasteiger partial charge in [-0.25, -0.2) is 0 Å². The van der Waals surface area contributed by atoms with Crippen molar-refractivity contribution in [1.82, 2.24) is 10.6 Å². The predicted octanol–water partition coefficient (Wildman–Crippen LogP) is 1.73. The number of hydrogen-bond donors (Lipinski definition) is 3. The Bertz CT molecular complexity index is 767. The quantitative estimate of drug-likeness (QED) is 0.669. The minimum Gasteiger partial charge on any atom is -0.343 e. The highest BCUT2D eigenvalue weighted by Crippen LogP contribution is 2.20. The van der Waals surface area contributed by atoms with Crippen LogP contribution in [0.1, 0.15) is 22.0 Å². The molecule has 1 atom stereocenters. The number of amides is 2. The fourth-order valence-corrected chi connectivity index (χ4v) is 3.01. The van der Waals surface area contributed by atoms with Crippen molar-refractivity contribution in [2.24, 2.45) is 0 Å². The van der Waals surface area contributed by atoms with E-state index in [1.807, 2.05) is 44.4 Å². The highest BCUT2D eigenvalue weighted by Gasteiger charge is 2.18. The fourth-order valence-electron chi connectivity index (χ4n) is 2.52. The summed E-state index contributed by atoms with van der Waals surface area (Å²) in [6, 6.07) is 14.2. The SMILES string of the molecule is C[NH+](C)C[C@H](NC(=O)CNC(=O)c1ccc(Cl)cc1Cl)c1ccccc1. The van der Waals surface area contributed by atoms with Gasteiger partial charge in [0, 0.05) is 5.02 Å². The lowest BCUT2D eigenvalue weighted by Gasteiger charge is -2.21. The molecule has 3 N–H and O–H groups in total. The van der Waals surface area contributed by atoms with E-state index in [1.54, 1.807) is 6.07 Å². The van der Waals surface area contributed by atoms with E-state index < -0.39 is 5.91 Å². The first-order valence-electron chi connectivity index (χ1n) is 8.23. The molecule has 0 saturated heterocycles. The second-order valence-corrected chi connectivity index (χ2v) is 7.09. The molecule has 0 aliphatic rings. The monoisotopic (exact) mass is 394 g/mol. The van der Waals surface area contributed by atoms with Gasteiger partial charge in [0.05, 0.1) is 31.2 Å². The molecule has 138 valence electrons. The van der Waals surface area contributed by atoms with Crippen molar-refractivity contribution in [3.63, 3.8) is 0 Å². The van der Waals surface area contributed by atoms with Crippen molar-refractivity contribution in [1.29, 1.82) is 0 Å². The van der Waals surface area contributed by atoms with E-state index in [2.05, 4.69) is 10.6 Å². The molecule has 26 heavy (non-hydrogen) atoms. The highest BCUT2D eigenvalue weighted by atomic mass is 35.5. The molecule has 2 aromatic rings. The lowest BCUT2D eigenvalue weighted by Crippen LogP contribution is -3.06. The van der Waals surface area contributed by atoms with E-state index in [-0.39, 0.29) is 29.1 Å². The van der Waals surface area contributed by atoms with Gasteiger partial charge in [0.1, 0.15) is 12.6 Å². The smallest absolute Gasteiger partial charge is 0.253 e. The van der Waals surface area contributed by atoms with E-state index in [9.17, 15) is 9.59 Å². The molecular weight excluding hydrogens is 373 g/mol. The van der Waals surface area contributed by atoms with Crippen LogP contribution in [0.4, 0.5) is 0 Å². The van der Waals surface area contributed by atoms with Gasteiger partial charge in [-0.05, 0) is 23.8 Å². The van der Waals surface area contributed by atoms with Crippen LogP contribution in [0.2, 0.25) is 10.0 Å². The molecule has 7 heteroatoms. The van der Waals surface area contributed by atoms with Crippen LogP contribution in [0.25, 0.3) is 0 Å². The summed E-state index contributed by atoms with van der Waals surface area (Å²) in [5.74, 6) is -0.685. The summed E-state index contributed by atoms with van der Waals surface area (Å²) >= 11 is 11.8. The summed E-state index contributed by atoms with van der Waals surface area (Å²) in [5.41, 5.74) is 1.30. The molecule has 0 unspecified atom stereocenters. The minimum absolute atomic E-state index is 0.135. The molecule has 0 fully saturated rings. The van der Waals surface area contributed by atoms with Gasteiger partial charge in [0.25, 0.3) is 5.91 Å². The zero-order valence-corrected chi connectivity index (χ0v) is 16.2. The number of quaternary nitrogens is 1. The molecule has 0 spiro atoms. The third-order valence-electron chi connectivity index (χ3n) is 3.73. The number of nitrogens with one attached hydrogen (secondary N) is 3. The third kappa shape index (κ3) is 6.02. The molecule has 0 heterocycles. The summed E-state index contributed by atoms with van der Waals surface area (Å²) in [4.78, 5) is 25.7. The first kappa shape index (κ1) is 20.2. The normalized spacial score (nSPS) is 11.9. The third-order valence-corrected chi connectivity index (χ3v) is 4.28. The first-order chi connectivity index (χ1) is 12.4. The van der Waals surface area contributed by atoms with Crippen LogP contribution in [0, 0.1) is 0 Å². The van der Waals surface area contributed by atoms with Crippen LogP contribution < -0.4 is 15.5 Å². The highest BCUT2D eigenvalue weighted by molar-refractivity contribution is 6.36. The first-order valence-corrected chi connectivity index (χ1v) is 8.99. The number of carbonyl (C=O) groups is 2. The van der Waals surface area contributed by atoms with Gasteiger partial charge < -0.3 is 15.5 Å². The van der Waals surface area contributed by atoms with E-state index in [0.29, 0.717) is 5.02 Å². The summed E-state index contributed by atoms with van der Waals surface area (Å²) in [6.45, 7) is 0.594. The van der Waals surface area contributed by atoms with E-state index >= 15 is 0 Å². The van der Waals surface area contributed by atoms with Gasteiger partial charge in [0.2, 0.25) is 5.91 Å². The van der Waals surface area contributed by atoms with E-state index in [1.165, 1.54) is 17.0 Å². The number of carbonyl (C=O) groups excluding carboxylic acids is 2. The Morgan fingerprint density at radius 2 is 1.77 bits per heavy atom. The second-order valence-electron chi connectivity index (χ2n) is 6.25. The number of halogens is 2. The molecule has 5 nitrogen and oxygen atoms in total. The lowest BCUT2D eigenvalue weighted by molar-refractivity contribution is -0.860. The fraction of sp³-hybridized carbons (Fsp3) is 0.263. The Kier molecular flexibility index (Phi) is 7.45. The maximum absolute atomic E-state index is 12.3. The molecule has 0 aliphatic heterocycles. The number of likely N-dealkylation sites (N-methyl/N-ethyl adjacent to an activating group) is 1. The van der Waals surface area contributed by atoms with E-state index in [4.69, 9.17) is 23.2 Å². The zero-order valence-electron chi connectivity index (χ0n) is 14.7. The topological polar surface area (TPSA) is 62.6 Å². The van der Waals surface area contributed by atoms with Crippen LogP contribution in [0.15, 0.2) is 48.5 Å². The average Bonchev–Trinajstić information content (AvgIpc) is 2.59. The Labute approximate surface area is 163 Å². The van der Waals surface area contributed by atoms with Crippen LogP contribution >= 0.6 is 23.2 Å². The second kappa shape index (κ2) is 9.57. The largest absolute Gasteiger partial charge is 0.343 e. The number of hydrogen-bond acceptors (Lipinski definition) is 2. The molecule has 0 radical (unpaired) electrons. The Hall–Kier alpha value is -2.08. The predicted molar refractivity (Wildman–Crippen MR) is 104 cm³/mol. The standard InChI is InChI=1S/C19H21Cl2N3O2/c1-24(2)12-17(13-6-4-3-5-7-13)23-18(25)11-22-19(26)15-9-8-14(20)10-16(15)21/h3-10,17H,11-12H2,1-2H3,(H,22,26)(H,23,25)/p+1/t17-/m0/s1. The zero-order chi connectivity index (χ0) is 19.1. The maximum Gasteiger partial charge on any atom is 0.253 e. The van der Waals surface area contributed by atoms with E-state index in [0.717, 1.165) is 12.1 Å². The van der Waals surface area contributed by atoms with Crippen molar-refractivity contribution < 1.29 is 14.5 Å².